The van der Waals surface area contributed by atoms with Crippen molar-refractivity contribution in [2.75, 3.05) is 0 Å². The van der Waals surface area contributed by atoms with E-state index in [4.69, 9.17) is 0 Å². The average Bonchev–Trinajstić information content (AvgIpc) is 3.89. The van der Waals surface area contributed by atoms with Crippen LogP contribution in [0.4, 0.5) is 0 Å². The highest BCUT2D eigenvalue weighted by Crippen LogP contribution is 2.45. The Morgan fingerprint density at radius 2 is 1.49 bits per heavy atom. The lowest BCUT2D eigenvalue weighted by atomic mass is 9.71. The van der Waals surface area contributed by atoms with Gasteiger partial charge in [0, 0.05) is 0 Å². The third-order valence-corrected chi connectivity index (χ3v) is 10.7. The molecule has 2 atom stereocenters. The predicted octanol–water partition coefficient (Wildman–Crippen LogP) is 14.3. The predicted molar refractivity (Wildman–Crippen MR) is 202 cm³/mol. The summed E-state index contributed by atoms with van der Waals surface area (Å²) < 4.78 is 0. The van der Waals surface area contributed by atoms with Gasteiger partial charge in [-0.05, 0) is 110 Å². The zero-order chi connectivity index (χ0) is 34.2. The summed E-state index contributed by atoms with van der Waals surface area (Å²) >= 11 is 0. The van der Waals surface area contributed by atoms with Crippen LogP contribution in [0, 0.1) is 35.0 Å². The van der Waals surface area contributed by atoms with E-state index in [0.717, 1.165) is 12.0 Å². The quantitative estimate of drug-likeness (QED) is 0.184. The standard InChI is InChI=1S/C22H42.C19H19N.C3H8/c1-10-15-21(9,18(5)6)16-14-19(7)20(8)17-22(11-2,12-3)13-4;1-3-14-10-18(16-8-9-16)19(11-17(14)12-20)15-6-4-13(2)5-7-15;1-3-2/h19H,5,8,10-17H2,1-4,6-7,9H3;4-7,10-11,16H,3,8-9H2,1-2H3;3H2,1-2H3. The van der Waals surface area contributed by atoms with Gasteiger partial charge in [0.05, 0.1) is 11.6 Å². The van der Waals surface area contributed by atoms with Crippen LogP contribution < -0.4 is 0 Å². The molecule has 45 heavy (non-hydrogen) atoms. The highest BCUT2D eigenvalue weighted by atomic mass is 14.3. The first-order valence-electron chi connectivity index (χ1n) is 18.3. The summed E-state index contributed by atoms with van der Waals surface area (Å²) in [5.74, 6) is 1.32. The lowest BCUT2D eigenvalue weighted by Crippen LogP contribution is -2.22. The van der Waals surface area contributed by atoms with Gasteiger partial charge in [0.2, 0.25) is 0 Å². The van der Waals surface area contributed by atoms with Crippen LogP contribution in [-0.4, -0.2) is 0 Å². The minimum atomic E-state index is 0.306. The second kappa shape index (κ2) is 19.8. The Labute approximate surface area is 280 Å². The van der Waals surface area contributed by atoms with Gasteiger partial charge in [-0.15, -0.1) is 0 Å². The lowest BCUT2D eigenvalue weighted by Gasteiger charge is -2.35. The summed E-state index contributed by atoms with van der Waals surface area (Å²) in [6.07, 6.45) is 14.7. The number of benzene rings is 2. The SMILES string of the molecule is C=C(CC(CC)(CC)CC)C(C)CCC(C)(CCC)C(=C)C.CCC.CCc1cc(C2CC2)c(-c2ccc(C)cc2)cc1C#N. The number of allylic oxidation sites excluding steroid dienone is 2. The van der Waals surface area contributed by atoms with Crippen LogP contribution in [0.1, 0.15) is 168 Å². The Morgan fingerprint density at radius 3 is 1.91 bits per heavy atom. The molecule has 0 bridgehead atoms. The topological polar surface area (TPSA) is 23.8 Å². The monoisotopic (exact) mass is 612 g/mol. The third-order valence-electron chi connectivity index (χ3n) is 10.7. The summed E-state index contributed by atoms with van der Waals surface area (Å²) in [6, 6.07) is 15.3. The Balaban J connectivity index is 0.000000414. The van der Waals surface area contributed by atoms with Crippen molar-refractivity contribution in [1.29, 1.82) is 5.26 Å². The molecular weight excluding hydrogens is 542 g/mol. The van der Waals surface area contributed by atoms with E-state index in [9.17, 15) is 5.26 Å². The van der Waals surface area contributed by atoms with Crippen LogP contribution in [-0.2, 0) is 6.42 Å². The van der Waals surface area contributed by atoms with Gasteiger partial charge in [-0.25, -0.2) is 0 Å². The van der Waals surface area contributed by atoms with E-state index in [1.807, 2.05) is 0 Å². The molecular formula is C44H69N. The maximum absolute atomic E-state index is 9.36. The van der Waals surface area contributed by atoms with Gasteiger partial charge in [0.25, 0.3) is 0 Å². The Morgan fingerprint density at radius 1 is 0.933 bits per heavy atom. The number of rotatable bonds is 15. The van der Waals surface area contributed by atoms with E-state index >= 15 is 0 Å². The van der Waals surface area contributed by atoms with Gasteiger partial charge in [-0.3, -0.25) is 0 Å². The van der Waals surface area contributed by atoms with E-state index in [2.05, 4.69) is 132 Å². The molecule has 2 aromatic rings. The Kier molecular flexibility index (Phi) is 17.8. The smallest absolute Gasteiger partial charge is 0.0994 e. The maximum atomic E-state index is 9.36. The van der Waals surface area contributed by atoms with Crippen molar-refractivity contribution in [3.8, 4) is 17.2 Å². The minimum absolute atomic E-state index is 0.306. The Bertz CT molecular complexity index is 1210. The van der Waals surface area contributed by atoms with Gasteiger partial charge in [-0.2, -0.15) is 5.26 Å². The van der Waals surface area contributed by atoms with E-state index in [-0.39, 0.29) is 0 Å². The van der Waals surface area contributed by atoms with Crippen molar-refractivity contribution in [2.45, 2.75) is 159 Å². The number of nitrogens with zero attached hydrogens (tertiary/aromatic N) is 1. The van der Waals surface area contributed by atoms with Crippen LogP contribution in [0.3, 0.4) is 0 Å². The van der Waals surface area contributed by atoms with E-state index in [0.29, 0.717) is 22.7 Å². The fourth-order valence-electron chi connectivity index (χ4n) is 6.40. The minimum Gasteiger partial charge on any atom is -0.192 e. The fourth-order valence-corrected chi connectivity index (χ4v) is 6.40. The molecule has 1 fully saturated rings. The molecule has 1 saturated carbocycles. The molecule has 1 heteroatoms. The Hall–Kier alpha value is -2.59. The van der Waals surface area contributed by atoms with Crippen LogP contribution >= 0.6 is 0 Å². The molecule has 2 unspecified atom stereocenters. The third kappa shape index (κ3) is 12.3. The van der Waals surface area contributed by atoms with Gasteiger partial charge in [-0.1, -0.05) is 155 Å². The zero-order valence-electron chi connectivity index (χ0n) is 31.5. The van der Waals surface area contributed by atoms with Crippen LogP contribution in [0.2, 0.25) is 0 Å². The molecule has 0 spiro atoms. The second-order valence-electron chi connectivity index (χ2n) is 14.3. The van der Waals surface area contributed by atoms with E-state index in [1.165, 1.54) is 110 Å². The van der Waals surface area contributed by atoms with Crippen molar-refractivity contribution in [3.05, 3.63) is 83.0 Å². The molecule has 1 nitrogen and oxygen atoms in total. The first-order chi connectivity index (χ1) is 21.3. The van der Waals surface area contributed by atoms with Crippen LogP contribution in [0.15, 0.2) is 60.7 Å². The normalized spacial score (nSPS) is 14.5. The highest BCUT2D eigenvalue weighted by molar-refractivity contribution is 5.71. The fraction of sp³-hybridized carbons (Fsp3) is 0.614. The number of nitriles is 1. The van der Waals surface area contributed by atoms with Crippen molar-refractivity contribution >= 4 is 0 Å². The van der Waals surface area contributed by atoms with Gasteiger partial charge < -0.3 is 0 Å². The summed E-state index contributed by atoms with van der Waals surface area (Å²) in [7, 11) is 0. The molecule has 1 aliphatic rings. The molecule has 0 N–H and O–H groups in total. The lowest BCUT2D eigenvalue weighted by molar-refractivity contribution is 0.236. The largest absolute Gasteiger partial charge is 0.192 e. The molecule has 1 aliphatic carbocycles. The molecule has 0 aromatic heterocycles. The number of hydrogen-bond donors (Lipinski definition) is 0. The van der Waals surface area contributed by atoms with Crippen molar-refractivity contribution in [3.63, 3.8) is 0 Å². The van der Waals surface area contributed by atoms with Crippen molar-refractivity contribution in [1.82, 2.24) is 0 Å². The van der Waals surface area contributed by atoms with Crippen molar-refractivity contribution in [2.24, 2.45) is 16.7 Å². The summed E-state index contributed by atoms with van der Waals surface area (Å²) in [5.41, 5.74) is 10.8. The molecule has 2 aromatic carbocycles. The van der Waals surface area contributed by atoms with Crippen LogP contribution in [0.5, 0.6) is 0 Å². The summed E-state index contributed by atoms with van der Waals surface area (Å²) in [6.45, 7) is 33.4. The van der Waals surface area contributed by atoms with Crippen molar-refractivity contribution < 1.29 is 0 Å². The summed E-state index contributed by atoms with van der Waals surface area (Å²) in [4.78, 5) is 0. The van der Waals surface area contributed by atoms with E-state index in [1.54, 1.807) is 0 Å². The van der Waals surface area contributed by atoms with Gasteiger partial charge >= 0.3 is 0 Å². The molecule has 0 radical (unpaired) electrons. The number of aryl methyl sites for hydroxylation is 2. The second-order valence-corrected chi connectivity index (χ2v) is 14.3. The molecule has 3 rings (SSSR count). The number of hydrogen-bond acceptors (Lipinski definition) is 1. The van der Waals surface area contributed by atoms with Crippen LogP contribution in [0.25, 0.3) is 11.1 Å². The first-order valence-corrected chi connectivity index (χ1v) is 18.3. The molecule has 0 aliphatic heterocycles. The van der Waals surface area contributed by atoms with Gasteiger partial charge in [0.15, 0.2) is 0 Å². The molecule has 250 valence electrons. The highest BCUT2D eigenvalue weighted by Gasteiger charge is 2.29. The average molecular weight is 612 g/mol. The first kappa shape index (κ1) is 40.4. The summed E-state index contributed by atoms with van der Waals surface area (Å²) in [5, 5.41) is 9.36. The zero-order valence-corrected chi connectivity index (χ0v) is 31.5. The van der Waals surface area contributed by atoms with Gasteiger partial charge in [0.1, 0.15) is 0 Å². The molecule has 0 amide bonds. The molecule has 0 saturated heterocycles. The van der Waals surface area contributed by atoms with E-state index < -0.39 is 0 Å². The molecule has 0 heterocycles. The maximum Gasteiger partial charge on any atom is 0.0994 e.